The largest absolute Gasteiger partial charge is 0.327 e. The Hall–Kier alpha value is -0.170. The summed E-state index contributed by atoms with van der Waals surface area (Å²) in [5.41, 5.74) is 5.77. The minimum absolute atomic E-state index is 0.0106. The molecule has 1 aliphatic heterocycles. The molecular formula is C9H21N3O2S. The molecule has 1 fully saturated rings. The van der Waals surface area contributed by atoms with Crippen molar-refractivity contribution < 1.29 is 8.42 Å². The Morgan fingerprint density at radius 3 is 2.73 bits per heavy atom. The first kappa shape index (κ1) is 12.9. The maximum atomic E-state index is 12.0. The summed E-state index contributed by atoms with van der Waals surface area (Å²) in [6.45, 7) is 3.59. The second-order valence-corrected chi connectivity index (χ2v) is 6.13. The van der Waals surface area contributed by atoms with Gasteiger partial charge in [0.05, 0.1) is 0 Å². The van der Waals surface area contributed by atoms with Crippen molar-refractivity contribution in [1.29, 1.82) is 0 Å². The van der Waals surface area contributed by atoms with E-state index in [1.54, 1.807) is 7.05 Å². The Labute approximate surface area is 92.4 Å². The zero-order chi connectivity index (χ0) is 11.5. The second kappa shape index (κ2) is 5.25. The Kier molecular flexibility index (Phi) is 4.51. The minimum Gasteiger partial charge on any atom is -0.327 e. The monoisotopic (exact) mass is 235 g/mol. The first-order valence-corrected chi connectivity index (χ1v) is 6.85. The Balaban J connectivity index is 2.67. The molecule has 0 spiro atoms. The van der Waals surface area contributed by atoms with Gasteiger partial charge in [-0.1, -0.05) is 6.92 Å². The molecule has 2 N–H and O–H groups in total. The molecule has 0 aromatic rings. The molecule has 0 aromatic carbocycles. The number of rotatable bonds is 4. The van der Waals surface area contributed by atoms with Crippen LogP contribution in [0.4, 0.5) is 0 Å². The van der Waals surface area contributed by atoms with Gasteiger partial charge >= 0.3 is 0 Å². The van der Waals surface area contributed by atoms with Crippen LogP contribution in [0.15, 0.2) is 0 Å². The Bertz CT molecular complexity index is 292. The fourth-order valence-electron chi connectivity index (χ4n) is 1.81. The number of hydrogen-bond acceptors (Lipinski definition) is 3. The quantitative estimate of drug-likeness (QED) is 0.745. The van der Waals surface area contributed by atoms with Gasteiger partial charge in [0.25, 0.3) is 10.2 Å². The fraction of sp³-hybridized carbons (Fsp3) is 1.00. The topological polar surface area (TPSA) is 66.6 Å². The fourth-order valence-corrected chi connectivity index (χ4v) is 3.36. The Morgan fingerprint density at radius 2 is 2.20 bits per heavy atom. The normalized spacial score (nSPS) is 24.7. The maximum absolute atomic E-state index is 12.0. The highest BCUT2D eigenvalue weighted by Crippen LogP contribution is 2.15. The van der Waals surface area contributed by atoms with E-state index in [0.717, 1.165) is 19.3 Å². The molecule has 0 bridgehead atoms. The van der Waals surface area contributed by atoms with E-state index in [-0.39, 0.29) is 6.04 Å². The lowest BCUT2D eigenvalue weighted by atomic mass is 10.1. The van der Waals surface area contributed by atoms with Crippen LogP contribution < -0.4 is 5.73 Å². The van der Waals surface area contributed by atoms with Crippen LogP contribution in [-0.2, 0) is 10.2 Å². The summed E-state index contributed by atoms with van der Waals surface area (Å²) in [7, 11) is -1.65. The summed E-state index contributed by atoms with van der Waals surface area (Å²) < 4.78 is 26.9. The van der Waals surface area contributed by atoms with E-state index in [1.165, 1.54) is 8.61 Å². The van der Waals surface area contributed by atoms with Crippen molar-refractivity contribution in [3.8, 4) is 0 Å². The van der Waals surface area contributed by atoms with Crippen LogP contribution in [0.2, 0.25) is 0 Å². The molecule has 0 amide bonds. The zero-order valence-corrected chi connectivity index (χ0v) is 10.3. The SMILES string of the molecule is CCCN(C)S(=O)(=O)N1CCC[C@@H](N)C1. The first-order valence-electron chi connectivity index (χ1n) is 5.45. The van der Waals surface area contributed by atoms with Gasteiger partial charge in [-0.25, -0.2) is 0 Å². The highest BCUT2D eigenvalue weighted by Gasteiger charge is 2.29. The van der Waals surface area contributed by atoms with Crippen LogP contribution in [-0.4, -0.2) is 49.8 Å². The number of nitrogens with zero attached hydrogens (tertiary/aromatic N) is 2. The average Bonchev–Trinajstić information content (AvgIpc) is 2.18. The van der Waals surface area contributed by atoms with E-state index in [0.29, 0.717) is 19.6 Å². The average molecular weight is 235 g/mol. The van der Waals surface area contributed by atoms with Crippen molar-refractivity contribution in [2.75, 3.05) is 26.7 Å². The van der Waals surface area contributed by atoms with Gasteiger partial charge < -0.3 is 5.73 Å². The molecule has 90 valence electrons. The van der Waals surface area contributed by atoms with E-state index >= 15 is 0 Å². The maximum Gasteiger partial charge on any atom is 0.281 e. The number of hydrogen-bond donors (Lipinski definition) is 1. The summed E-state index contributed by atoms with van der Waals surface area (Å²) in [5, 5.41) is 0. The van der Waals surface area contributed by atoms with E-state index in [1.807, 2.05) is 6.92 Å². The highest BCUT2D eigenvalue weighted by atomic mass is 32.2. The predicted molar refractivity (Wildman–Crippen MR) is 60.6 cm³/mol. The third-order valence-electron chi connectivity index (χ3n) is 2.68. The number of nitrogens with two attached hydrogens (primary N) is 1. The molecule has 0 aliphatic carbocycles. The lowest BCUT2D eigenvalue weighted by Gasteiger charge is -2.32. The van der Waals surface area contributed by atoms with Crippen molar-refractivity contribution in [1.82, 2.24) is 8.61 Å². The third-order valence-corrected chi connectivity index (χ3v) is 4.63. The smallest absolute Gasteiger partial charge is 0.281 e. The summed E-state index contributed by atoms with van der Waals surface area (Å²) >= 11 is 0. The molecule has 1 saturated heterocycles. The lowest BCUT2D eigenvalue weighted by molar-refractivity contribution is 0.292. The van der Waals surface area contributed by atoms with Gasteiger partial charge in [-0.2, -0.15) is 17.0 Å². The van der Waals surface area contributed by atoms with Crippen LogP contribution in [0.3, 0.4) is 0 Å². The van der Waals surface area contributed by atoms with E-state index in [4.69, 9.17) is 5.73 Å². The van der Waals surface area contributed by atoms with Crippen molar-refractivity contribution in [3.05, 3.63) is 0 Å². The molecule has 0 aromatic heterocycles. The molecule has 0 unspecified atom stereocenters. The van der Waals surface area contributed by atoms with Gasteiger partial charge in [-0.15, -0.1) is 0 Å². The molecule has 1 rings (SSSR count). The molecule has 1 aliphatic rings. The van der Waals surface area contributed by atoms with Crippen LogP contribution in [0.25, 0.3) is 0 Å². The van der Waals surface area contributed by atoms with Gasteiger partial charge in [0, 0.05) is 32.7 Å². The van der Waals surface area contributed by atoms with Gasteiger partial charge in [-0.05, 0) is 19.3 Å². The number of piperidine rings is 1. The molecule has 0 saturated carbocycles. The molecule has 15 heavy (non-hydrogen) atoms. The van der Waals surface area contributed by atoms with Crippen molar-refractivity contribution in [2.45, 2.75) is 32.2 Å². The predicted octanol–water partition coefficient (Wildman–Crippen LogP) is -0.00390. The first-order chi connectivity index (χ1) is 6.98. The minimum atomic E-state index is -3.27. The summed E-state index contributed by atoms with van der Waals surface area (Å²) in [4.78, 5) is 0. The Morgan fingerprint density at radius 1 is 1.53 bits per heavy atom. The third kappa shape index (κ3) is 3.14. The molecule has 0 radical (unpaired) electrons. The summed E-state index contributed by atoms with van der Waals surface area (Å²) in [6.07, 6.45) is 2.61. The van der Waals surface area contributed by atoms with E-state index < -0.39 is 10.2 Å². The van der Waals surface area contributed by atoms with Gasteiger partial charge in [0.2, 0.25) is 0 Å². The zero-order valence-electron chi connectivity index (χ0n) is 9.52. The summed E-state index contributed by atoms with van der Waals surface area (Å²) in [6, 6.07) is -0.0106. The lowest BCUT2D eigenvalue weighted by Crippen LogP contribution is -2.50. The van der Waals surface area contributed by atoms with Gasteiger partial charge in [0.15, 0.2) is 0 Å². The van der Waals surface area contributed by atoms with Crippen LogP contribution in [0.1, 0.15) is 26.2 Å². The van der Waals surface area contributed by atoms with E-state index in [9.17, 15) is 8.42 Å². The van der Waals surface area contributed by atoms with Gasteiger partial charge in [-0.3, -0.25) is 0 Å². The van der Waals surface area contributed by atoms with Gasteiger partial charge in [0.1, 0.15) is 0 Å². The van der Waals surface area contributed by atoms with E-state index in [2.05, 4.69) is 0 Å². The second-order valence-electron chi connectivity index (χ2n) is 4.09. The molecule has 1 atom stereocenters. The van der Waals surface area contributed by atoms with Crippen LogP contribution in [0, 0.1) is 0 Å². The molecule has 6 heteroatoms. The summed E-state index contributed by atoms with van der Waals surface area (Å²) in [5.74, 6) is 0. The molecular weight excluding hydrogens is 214 g/mol. The van der Waals surface area contributed by atoms with Crippen LogP contribution in [0.5, 0.6) is 0 Å². The van der Waals surface area contributed by atoms with Crippen molar-refractivity contribution in [3.63, 3.8) is 0 Å². The molecule has 1 heterocycles. The van der Waals surface area contributed by atoms with Crippen molar-refractivity contribution >= 4 is 10.2 Å². The standard InChI is InChI=1S/C9H21N3O2S/c1-3-6-11(2)15(13,14)12-7-4-5-9(10)8-12/h9H,3-8,10H2,1-2H3/t9-/m1/s1. The highest BCUT2D eigenvalue weighted by molar-refractivity contribution is 7.86. The molecule has 5 nitrogen and oxygen atoms in total. The van der Waals surface area contributed by atoms with Crippen molar-refractivity contribution in [2.24, 2.45) is 5.73 Å². The van der Waals surface area contributed by atoms with Crippen LogP contribution >= 0.6 is 0 Å².